The molecular formula is C45H72N4O3. The fraction of sp³-hybridized carbons (Fsp3) is 0.644. The maximum absolute atomic E-state index is 12.1. The third-order valence-corrected chi connectivity index (χ3v) is 9.30. The van der Waals surface area contributed by atoms with E-state index in [4.69, 9.17) is 5.26 Å². The fourth-order valence-electron chi connectivity index (χ4n) is 5.72. The third kappa shape index (κ3) is 19.8. The second kappa shape index (κ2) is 21.8. The molecule has 1 aliphatic carbocycles. The van der Waals surface area contributed by atoms with E-state index in [-0.39, 0.29) is 28.1 Å². The fourth-order valence-corrected chi connectivity index (χ4v) is 5.72. The van der Waals surface area contributed by atoms with Crippen LogP contribution < -0.4 is 10.2 Å². The van der Waals surface area contributed by atoms with Crippen LogP contribution in [-0.4, -0.2) is 42.3 Å². The first-order valence-corrected chi connectivity index (χ1v) is 19.5. The smallest absolute Gasteiger partial charge is 0.226 e. The average Bonchev–Trinajstić information content (AvgIpc) is 3.60. The van der Waals surface area contributed by atoms with Crippen LogP contribution in [0.5, 0.6) is 0 Å². The molecule has 1 fully saturated rings. The Labute approximate surface area is 317 Å². The number of rotatable bonds is 11. The Balaban J connectivity index is 0.000000391. The summed E-state index contributed by atoms with van der Waals surface area (Å²) in [5.41, 5.74) is 4.16. The van der Waals surface area contributed by atoms with Gasteiger partial charge in [-0.1, -0.05) is 107 Å². The Morgan fingerprint density at radius 3 is 1.75 bits per heavy atom. The van der Waals surface area contributed by atoms with Crippen molar-refractivity contribution >= 4 is 29.1 Å². The third-order valence-electron chi connectivity index (χ3n) is 9.30. The highest BCUT2D eigenvalue weighted by Gasteiger charge is 2.26. The van der Waals surface area contributed by atoms with Gasteiger partial charge in [0, 0.05) is 50.3 Å². The van der Waals surface area contributed by atoms with Crippen LogP contribution in [0.25, 0.3) is 0 Å². The normalized spacial score (nSPS) is 13.2. The molecule has 1 N–H and O–H groups in total. The summed E-state index contributed by atoms with van der Waals surface area (Å²) in [5.74, 6) is 1.07. The molecule has 7 heteroatoms. The number of carbonyl (C=O) groups excluding carboxylic acids is 3. The molecule has 0 aromatic heterocycles. The Morgan fingerprint density at radius 2 is 1.29 bits per heavy atom. The summed E-state index contributed by atoms with van der Waals surface area (Å²) < 4.78 is 0. The maximum Gasteiger partial charge on any atom is 0.226 e. The molecule has 0 unspecified atom stereocenters. The number of anilines is 2. The molecule has 3 rings (SSSR count). The van der Waals surface area contributed by atoms with Gasteiger partial charge in [0.25, 0.3) is 0 Å². The van der Waals surface area contributed by atoms with Gasteiger partial charge in [-0.25, -0.2) is 0 Å². The predicted octanol–water partition coefficient (Wildman–Crippen LogP) is 11.5. The lowest BCUT2D eigenvalue weighted by molar-refractivity contribution is -0.133. The minimum absolute atomic E-state index is 0.0833. The van der Waals surface area contributed by atoms with Crippen LogP contribution >= 0.6 is 0 Å². The standard InChI is InChI=1S/C16H25NO.C15H20N2O.C14H27NO/c1-12(2)13-6-8-14(9-7-13)17-15(18)10-11-16(3,4)5;1-15(2,3)9-8-14(18)17(4)13-7-5-6-12(10-13)11-16;1-5-15(12-8-6-7-9-12)13(16)10-11-14(2,3)4/h6-9,12H,10-11H2,1-5H3,(H,17,18);5-7,10H,8-9H2,1-4H3;12H,5-11H2,1-4H3. The van der Waals surface area contributed by atoms with Gasteiger partial charge in [0.15, 0.2) is 0 Å². The summed E-state index contributed by atoms with van der Waals surface area (Å²) in [5, 5.41) is 11.8. The monoisotopic (exact) mass is 717 g/mol. The lowest BCUT2D eigenvalue weighted by atomic mass is 9.90. The molecule has 0 aliphatic heterocycles. The van der Waals surface area contributed by atoms with E-state index in [9.17, 15) is 14.4 Å². The summed E-state index contributed by atoms with van der Waals surface area (Å²) in [6.45, 7) is 26.7. The topological polar surface area (TPSA) is 93.5 Å². The highest BCUT2D eigenvalue weighted by Crippen LogP contribution is 2.27. The summed E-state index contributed by atoms with van der Waals surface area (Å²) >= 11 is 0. The van der Waals surface area contributed by atoms with E-state index < -0.39 is 0 Å². The number of hydrogen-bond acceptors (Lipinski definition) is 4. The molecule has 1 saturated carbocycles. The van der Waals surface area contributed by atoms with Gasteiger partial charge in [-0.2, -0.15) is 5.26 Å². The number of nitrogens with zero attached hydrogens (tertiary/aromatic N) is 3. The van der Waals surface area contributed by atoms with Crippen LogP contribution in [-0.2, 0) is 14.4 Å². The van der Waals surface area contributed by atoms with Crippen molar-refractivity contribution in [2.45, 2.75) is 159 Å². The van der Waals surface area contributed by atoms with Gasteiger partial charge < -0.3 is 15.1 Å². The quantitative estimate of drug-likeness (QED) is 0.250. The van der Waals surface area contributed by atoms with Crippen molar-refractivity contribution in [2.24, 2.45) is 16.2 Å². The van der Waals surface area contributed by atoms with Crippen molar-refractivity contribution in [2.75, 3.05) is 23.8 Å². The van der Waals surface area contributed by atoms with Gasteiger partial charge in [0.05, 0.1) is 11.6 Å². The molecule has 0 radical (unpaired) electrons. The van der Waals surface area contributed by atoms with Crippen molar-refractivity contribution in [3.63, 3.8) is 0 Å². The van der Waals surface area contributed by atoms with E-state index in [2.05, 4.69) is 112 Å². The second-order valence-electron chi connectivity index (χ2n) is 18.2. The van der Waals surface area contributed by atoms with Gasteiger partial charge in [0.2, 0.25) is 17.7 Å². The number of carbonyl (C=O) groups is 3. The lowest BCUT2D eigenvalue weighted by Crippen LogP contribution is -2.38. The minimum atomic E-state index is 0.0833. The van der Waals surface area contributed by atoms with Crippen LogP contribution in [0.3, 0.4) is 0 Å². The molecule has 1 aliphatic rings. The van der Waals surface area contributed by atoms with E-state index in [1.165, 1.54) is 31.2 Å². The Bertz CT molecular complexity index is 1410. The van der Waals surface area contributed by atoms with Crippen molar-refractivity contribution in [3.8, 4) is 6.07 Å². The zero-order valence-electron chi connectivity index (χ0n) is 35.1. The molecule has 7 nitrogen and oxygen atoms in total. The van der Waals surface area contributed by atoms with Crippen LogP contribution in [0.4, 0.5) is 11.4 Å². The van der Waals surface area contributed by atoms with E-state index >= 15 is 0 Å². The van der Waals surface area contributed by atoms with E-state index in [0.717, 1.165) is 37.2 Å². The first kappa shape index (κ1) is 46.4. The largest absolute Gasteiger partial charge is 0.340 e. The molecule has 2 aromatic rings. The first-order chi connectivity index (χ1) is 24.0. The van der Waals surface area contributed by atoms with Gasteiger partial charge >= 0.3 is 0 Å². The molecule has 3 amide bonds. The van der Waals surface area contributed by atoms with Gasteiger partial charge in [-0.05, 0) is 97.1 Å². The van der Waals surface area contributed by atoms with E-state index in [1.54, 1.807) is 30.1 Å². The zero-order chi connectivity index (χ0) is 39.7. The van der Waals surface area contributed by atoms with Crippen molar-refractivity contribution in [1.29, 1.82) is 5.26 Å². The molecule has 0 atom stereocenters. The lowest BCUT2D eigenvalue weighted by Gasteiger charge is -2.29. The van der Waals surface area contributed by atoms with Gasteiger partial charge in [-0.3, -0.25) is 14.4 Å². The second-order valence-corrected chi connectivity index (χ2v) is 18.2. The molecule has 0 saturated heterocycles. The molecular weight excluding hydrogens is 645 g/mol. The van der Waals surface area contributed by atoms with Crippen LogP contribution in [0.15, 0.2) is 48.5 Å². The van der Waals surface area contributed by atoms with Crippen LogP contribution in [0.1, 0.15) is 164 Å². The predicted molar refractivity (Wildman–Crippen MR) is 219 cm³/mol. The number of amides is 3. The summed E-state index contributed by atoms with van der Waals surface area (Å²) in [6, 6.07) is 17.8. The van der Waals surface area contributed by atoms with Crippen LogP contribution in [0, 0.1) is 27.6 Å². The Morgan fingerprint density at radius 1 is 0.788 bits per heavy atom. The number of nitrogens with one attached hydrogen (secondary N) is 1. The summed E-state index contributed by atoms with van der Waals surface area (Å²) in [7, 11) is 1.75. The van der Waals surface area contributed by atoms with Crippen LogP contribution in [0.2, 0.25) is 0 Å². The molecule has 2 aromatic carbocycles. The Hall–Kier alpha value is -3.66. The SMILES string of the molecule is CC(C)c1ccc(NC(=O)CCC(C)(C)C)cc1.CCN(C(=O)CCC(C)(C)C)C1CCCC1.CN(C(=O)CCC(C)(C)C)c1cccc(C#N)c1. The molecule has 290 valence electrons. The number of hydrogen-bond donors (Lipinski definition) is 1. The maximum atomic E-state index is 12.1. The highest BCUT2D eigenvalue weighted by molar-refractivity contribution is 5.93. The molecule has 0 spiro atoms. The molecule has 52 heavy (non-hydrogen) atoms. The van der Waals surface area contributed by atoms with Crippen molar-refractivity contribution in [3.05, 3.63) is 59.7 Å². The Kier molecular flexibility index (Phi) is 19.4. The van der Waals surface area contributed by atoms with Gasteiger partial charge in [-0.15, -0.1) is 0 Å². The van der Waals surface area contributed by atoms with Crippen molar-refractivity contribution < 1.29 is 14.4 Å². The van der Waals surface area contributed by atoms with Crippen molar-refractivity contribution in [1.82, 2.24) is 4.90 Å². The minimum Gasteiger partial charge on any atom is -0.340 e. The summed E-state index contributed by atoms with van der Waals surface area (Å²) in [6.07, 6.45) is 9.61. The average molecular weight is 717 g/mol. The zero-order valence-corrected chi connectivity index (χ0v) is 35.1. The van der Waals surface area contributed by atoms with Gasteiger partial charge in [0.1, 0.15) is 0 Å². The van der Waals surface area contributed by atoms with E-state index in [0.29, 0.717) is 42.7 Å². The highest BCUT2D eigenvalue weighted by atomic mass is 16.2. The molecule has 0 heterocycles. The summed E-state index contributed by atoms with van der Waals surface area (Å²) in [4.78, 5) is 39.7. The number of benzene rings is 2. The van der Waals surface area contributed by atoms with E-state index in [1.807, 2.05) is 18.2 Å². The molecule has 0 bridgehead atoms. The first-order valence-electron chi connectivity index (χ1n) is 19.5. The number of nitriles is 1.